The van der Waals surface area contributed by atoms with Crippen molar-refractivity contribution in [2.24, 2.45) is 0 Å². The van der Waals surface area contributed by atoms with Crippen molar-refractivity contribution in [1.29, 1.82) is 0 Å². The van der Waals surface area contributed by atoms with E-state index in [1.807, 2.05) is 36.4 Å². The largest absolute Gasteiger partial charge is 0.473 e. The van der Waals surface area contributed by atoms with E-state index in [1.54, 1.807) is 6.20 Å². The third kappa shape index (κ3) is 7.37. The van der Waals surface area contributed by atoms with Gasteiger partial charge in [0.05, 0.1) is 5.69 Å². The highest BCUT2D eigenvalue weighted by atomic mass is 35.5. The Kier molecular flexibility index (Phi) is 7.60. The second-order valence-electron chi connectivity index (χ2n) is 4.16. The van der Waals surface area contributed by atoms with Crippen LogP contribution in [0.1, 0.15) is 11.3 Å². The van der Waals surface area contributed by atoms with E-state index in [9.17, 15) is 0 Å². The molecule has 7 heteroatoms. The van der Waals surface area contributed by atoms with Gasteiger partial charge in [-0.15, -0.1) is 0 Å². The van der Waals surface area contributed by atoms with Crippen LogP contribution in [0.2, 0.25) is 5.02 Å². The van der Waals surface area contributed by atoms with Gasteiger partial charge in [0.25, 0.3) is 0 Å². The zero-order chi connectivity index (χ0) is 16.4. The first-order valence-electron chi connectivity index (χ1n) is 6.30. The minimum atomic E-state index is -1.82. The van der Waals surface area contributed by atoms with Crippen molar-refractivity contribution in [2.75, 3.05) is 0 Å². The summed E-state index contributed by atoms with van der Waals surface area (Å²) < 4.78 is 0. The molecule has 116 valence electrons. The molecule has 2 aromatic rings. The average Bonchev–Trinajstić information content (AvgIpc) is 2.49. The molecule has 0 unspecified atom stereocenters. The van der Waals surface area contributed by atoms with Crippen molar-refractivity contribution in [1.82, 2.24) is 10.3 Å². The van der Waals surface area contributed by atoms with Gasteiger partial charge >= 0.3 is 11.9 Å². The third-order valence-electron chi connectivity index (χ3n) is 2.43. The number of carbonyl (C=O) groups is 2. The maximum absolute atomic E-state index is 9.10. The van der Waals surface area contributed by atoms with Gasteiger partial charge in [-0.05, 0) is 29.8 Å². The lowest BCUT2D eigenvalue weighted by molar-refractivity contribution is -0.159. The summed E-state index contributed by atoms with van der Waals surface area (Å²) in [5.41, 5.74) is 2.23. The Hall–Kier alpha value is -2.44. The van der Waals surface area contributed by atoms with Crippen molar-refractivity contribution in [3.05, 3.63) is 64.9 Å². The monoisotopic (exact) mass is 322 g/mol. The molecular weight excluding hydrogens is 308 g/mol. The second kappa shape index (κ2) is 9.49. The highest BCUT2D eigenvalue weighted by Gasteiger charge is 2.04. The standard InChI is InChI=1S/C13H13ClN2.C2H2O4/c14-12-5-3-4-11(8-12)9-15-10-13-6-1-2-7-16-13;3-1(4)2(5)6/h1-8,15H,9-10H2;(H,3,4)(H,5,6). The van der Waals surface area contributed by atoms with Crippen LogP contribution in [-0.2, 0) is 22.7 Å². The number of nitrogens with one attached hydrogen (secondary N) is 1. The lowest BCUT2D eigenvalue weighted by Gasteiger charge is -2.04. The molecule has 0 aliphatic heterocycles. The third-order valence-corrected chi connectivity index (χ3v) is 2.67. The van der Waals surface area contributed by atoms with Gasteiger partial charge in [-0.1, -0.05) is 29.8 Å². The highest BCUT2D eigenvalue weighted by molar-refractivity contribution is 6.30. The Morgan fingerprint density at radius 2 is 1.77 bits per heavy atom. The van der Waals surface area contributed by atoms with Gasteiger partial charge in [-0.3, -0.25) is 4.98 Å². The minimum absolute atomic E-state index is 0.771. The number of nitrogens with zero attached hydrogens (tertiary/aromatic N) is 1. The smallest absolute Gasteiger partial charge is 0.414 e. The molecule has 0 saturated heterocycles. The van der Waals surface area contributed by atoms with Gasteiger partial charge in [0, 0.05) is 24.3 Å². The van der Waals surface area contributed by atoms with E-state index in [0.717, 1.165) is 23.8 Å². The molecule has 6 nitrogen and oxygen atoms in total. The quantitative estimate of drug-likeness (QED) is 0.746. The molecule has 3 N–H and O–H groups in total. The molecule has 0 aliphatic carbocycles. The van der Waals surface area contributed by atoms with Crippen molar-refractivity contribution < 1.29 is 19.8 Å². The minimum Gasteiger partial charge on any atom is -0.473 e. The predicted octanol–water partition coefficient (Wildman–Crippen LogP) is 2.18. The van der Waals surface area contributed by atoms with E-state index in [1.165, 1.54) is 5.56 Å². The van der Waals surface area contributed by atoms with Gasteiger partial charge in [-0.2, -0.15) is 0 Å². The lowest BCUT2D eigenvalue weighted by atomic mass is 10.2. The fourth-order valence-electron chi connectivity index (χ4n) is 1.48. The molecule has 0 amide bonds. The van der Waals surface area contributed by atoms with Crippen LogP contribution < -0.4 is 5.32 Å². The summed E-state index contributed by atoms with van der Waals surface area (Å²) in [4.78, 5) is 22.4. The summed E-state index contributed by atoms with van der Waals surface area (Å²) in [5.74, 6) is -3.65. The molecule has 2 rings (SSSR count). The Balaban J connectivity index is 0.000000346. The van der Waals surface area contributed by atoms with E-state index in [2.05, 4.69) is 16.4 Å². The zero-order valence-electron chi connectivity index (χ0n) is 11.6. The number of hydrogen-bond acceptors (Lipinski definition) is 4. The molecular formula is C15H15ClN2O4. The molecule has 0 spiro atoms. The van der Waals surface area contributed by atoms with E-state index >= 15 is 0 Å². The van der Waals surface area contributed by atoms with Crippen molar-refractivity contribution in [3.8, 4) is 0 Å². The summed E-state index contributed by atoms with van der Waals surface area (Å²) in [5, 5.41) is 18.9. The first-order valence-corrected chi connectivity index (χ1v) is 6.68. The van der Waals surface area contributed by atoms with E-state index in [4.69, 9.17) is 31.4 Å². The van der Waals surface area contributed by atoms with Gasteiger partial charge in [0.2, 0.25) is 0 Å². The molecule has 0 saturated carbocycles. The van der Waals surface area contributed by atoms with Crippen LogP contribution >= 0.6 is 11.6 Å². The van der Waals surface area contributed by atoms with Crippen LogP contribution in [0.15, 0.2) is 48.7 Å². The second-order valence-corrected chi connectivity index (χ2v) is 4.60. The molecule has 1 heterocycles. The number of carboxylic acids is 2. The van der Waals surface area contributed by atoms with E-state index < -0.39 is 11.9 Å². The summed E-state index contributed by atoms with van der Waals surface area (Å²) in [7, 11) is 0. The number of carboxylic acid groups (broad SMARTS) is 2. The Morgan fingerprint density at radius 1 is 1.05 bits per heavy atom. The summed E-state index contributed by atoms with van der Waals surface area (Å²) in [6.07, 6.45) is 1.80. The SMILES string of the molecule is Clc1cccc(CNCc2ccccn2)c1.O=C(O)C(=O)O. The number of aromatic nitrogens is 1. The first-order chi connectivity index (χ1) is 10.5. The number of pyridine rings is 1. The fraction of sp³-hybridized carbons (Fsp3) is 0.133. The number of rotatable bonds is 4. The molecule has 0 bridgehead atoms. The molecule has 1 aromatic heterocycles. The lowest BCUT2D eigenvalue weighted by Crippen LogP contribution is -2.13. The predicted molar refractivity (Wildman–Crippen MR) is 81.5 cm³/mol. The van der Waals surface area contributed by atoms with E-state index in [0.29, 0.717) is 0 Å². The molecule has 1 aromatic carbocycles. The van der Waals surface area contributed by atoms with E-state index in [-0.39, 0.29) is 0 Å². The van der Waals surface area contributed by atoms with Gasteiger partial charge in [0.15, 0.2) is 0 Å². The van der Waals surface area contributed by atoms with Crippen molar-refractivity contribution in [2.45, 2.75) is 13.1 Å². The molecule has 22 heavy (non-hydrogen) atoms. The van der Waals surface area contributed by atoms with Crippen LogP contribution in [0.5, 0.6) is 0 Å². The molecule has 0 atom stereocenters. The van der Waals surface area contributed by atoms with Crippen LogP contribution in [0, 0.1) is 0 Å². The summed E-state index contributed by atoms with van der Waals surface area (Å²) in [6.45, 7) is 1.57. The Bertz CT molecular complexity index is 608. The first kappa shape index (κ1) is 17.6. The molecule has 0 fully saturated rings. The number of halogens is 1. The maximum atomic E-state index is 9.10. The van der Waals surface area contributed by atoms with Crippen molar-refractivity contribution >= 4 is 23.5 Å². The Morgan fingerprint density at radius 3 is 2.32 bits per heavy atom. The molecule has 0 radical (unpaired) electrons. The average molecular weight is 323 g/mol. The van der Waals surface area contributed by atoms with Crippen LogP contribution in [0.4, 0.5) is 0 Å². The van der Waals surface area contributed by atoms with Gasteiger partial charge in [-0.25, -0.2) is 9.59 Å². The number of benzene rings is 1. The summed E-state index contributed by atoms with van der Waals surface area (Å²) in [6, 6.07) is 13.8. The molecule has 0 aliphatic rings. The number of hydrogen-bond donors (Lipinski definition) is 3. The number of aliphatic carboxylic acids is 2. The van der Waals surface area contributed by atoms with Crippen LogP contribution in [-0.4, -0.2) is 27.1 Å². The van der Waals surface area contributed by atoms with Gasteiger partial charge in [0.1, 0.15) is 0 Å². The van der Waals surface area contributed by atoms with Crippen molar-refractivity contribution in [3.63, 3.8) is 0 Å². The van der Waals surface area contributed by atoms with Crippen LogP contribution in [0.3, 0.4) is 0 Å². The van der Waals surface area contributed by atoms with Gasteiger partial charge < -0.3 is 15.5 Å². The normalized spacial score (nSPS) is 9.50. The topological polar surface area (TPSA) is 99.5 Å². The Labute approximate surface area is 132 Å². The maximum Gasteiger partial charge on any atom is 0.414 e. The highest BCUT2D eigenvalue weighted by Crippen LogP contribution is 2.10. The van der Waals surface area contributed by atoms with Crippen LogP contribution in [0.25, 0.3) is 0 Å². The summed E-state index contributed by atoms with van der Waals surface area (Å²) >= 11 is 5.90. The fourth-order valence-corrected chi connectivity index (χ4v) is 1.70. The zero-order valence-corrected chi connectivity index (χ0v) is 12.3.